The molecule has 3 rings (SSSR count). The number of rotatable bonds is 3. The lowest BCUT2D eigenvalue weighted by Crippen LogP contribution is -1.99. The van der Waals surface area contributed by atoms with Crippen LogP contribution in [0.2, 0.25) is 5.02 Å². The van der Waals surface area contributed by atoms with Crippen LogP contribution >= 0.6 is 23.4 Å². The molecule has 1 aliphatic rings. The fourth-order valence-corrected chi connectivity index (χ4v) is 2.62. The van der Waals surface area contributed by atoms with Gasteiger partial charge >= 0.3 is 0 Å². The molecule has 18 heavy (non-hydrogen) atoms. The molecule has 2 N–H and O–H groups in total. The van der Waals surface area contributed by atoms with E-state index < -0.39 is 0 Å². The van der Waals surface area contributed by atoms with E-state index in [1.165, 1.54) is 11.8 Å². The van der Waals surface area contributed by atoms with Gasteiger partial charge in [0.05, 0.1) is 5.02 Å². The second kappa shape index (κ2) is 4.74. The molecule has 0 radical (unpaired) electrons. The van der Waals surface area contributed by atoms with Crippen LogP contribution in [0.3, 0.4) is 0 Å². The number of aromatic nitrogens is 3. The Balaban J connectivity index is 1.90. The highest BCUT2D eigenvalue weighted by atomic mass is 35.5. The van der Waals surface area contributed by atoms with Crippen molar-refractivity contribution in [1.82, 2.24) is 15.0 Å². The Kier molecular flexibility index (Phi) is 3.09. The van der Waals surface area contributed by atoms with Crippen molar-refractivity contribution < 1.29 is 0 Å². The molecular weight excluding hydrogens is 268 g/mol. The average Bonchev–Trinajstić information content (AvgIpc) is 3.15. The number of hydrogen-bond donors (Lipinski definition) is 1. The third-order valence-corrected chi connectivity index (χ3v) is 3.96. The first-order valence-electron chi connectivity index (χ1n) is 5.65. The predicted octanol–water partition coefficient (Wildman–Crippen LogP) is 3.14. The van der Waals surface area contributed by atoms with Gasteiger partial charge in [0.25, 0.3) is 0 Å². The van der Waals surface area contributed by atoms with Crippen molar-refractivity contribution >= 4 is 29.2 Å². The third-order valence-electron chi connectivity index (χ3n) is 2.61. The van der Waals surface area contributed by atoms with Crippen LogP contribution in [0.4, 0.5) is 5.82 Å². The minimum atomic E-state index is 0.479. The summed E-state index contributed by atoms with van der Waals surface area (Å²) in [6, 6.07) is 5.36. The number of nitrogen functional groups attached to an aromatic ring is 1. The molecule has 0 unspecified atom stereocenters. The number of nitrogens with zero attached hydrogens (tertiary/aromatic N) is 3. The van der Waals surface area contributed by atoms with E-state index in [1.807, 2.05) is 6.07 Å². The Hall–Kier alpha value is -1.33. The second-order valence-electron chi connectivity index (χ2n) is 4.16. The lowest BCUT2D eigenvalue weighted by atomic mass is 10.4. The highest BCUT2D eigenvalue weighted by molar-refractivity contribution is 7.99. The number of pyridine rings is 1. The average molecular weight is 279 g/mol. The number of nitrogens with two attached hydrogens (primary N) is 1. The van der Waals surface area contributed by atoms with Crippen molar-refractivity contribution in [2.24, 2.45) is 0 Å². The molecule has 0 bridgehead atoms. The molecule has 0 spiro atoms. The second-order valence-corrected chi connectivity index (χ2v) is 5.57. The monoisotopic (exact) mass is 278 g/mol. The molecule has 0 saturated heterocycles. The predicted molar refractivity (Wildman–Crippen MR) is 71.8 cm³/mol. The lowest BCUT2D eigenvalue weighted by molar-refractivity contribution is 0.882. The van der Waals surface area contributed by atoms with Gasteiger partial charge in [0, 0.05) is 18.2 Å². The minimum Gasteiger partial charge on any atom is -0.384 e. The van der Waals surface area contributed by atoms with E-state index in [4.69, 9.17) is 17.3 Å². The maximum Gasteiger partial charge on any atom is 0.135 e. The zero-order valence-corrected chi connectivity index (χ0v) is 11.1. The van der Waals surface area contributed by atoms with Gasteiger partial charge in [0.1, 0.15) is 21.7 Å². The maximum absolute atomic E-state index is 6.07. The summed E-state index contributed by atoms with van der Waals surface area (Å²) >= 11 is 7.48. The molecule has 2 heterocycles. The first-order valence-corrected chi connectivity index (χ1v) is 6.84. The van der Waals surface area contributed by atoms with Gasteiger partial charge in [0.15, 0.2) is 0 Å². The van der Waals surface area contributed by atoms with Gasteiger partial charge in [-0.05, 0) is 36.7 Å². The Morgan fingerprint density at radius 2 is 2.17 bits per heavy atom. The fourth-order valence-electron chi connectivity index (χ4n) is 1.58. The summed E-state index contributed by atoms with van der Waals surface area (Å²) in [6.07, 6.45) is 4.01. The molecule has 0 amide bonds. The van der Waals surface area contributed by atoms with Gasteiger partial charge in [-0.25, -0.2) is 15.0 Å². The highest BCUT2D eigenvalue weighted by Crippen LogP contribution is 2.39. The van der Waals surface area contributed by atoms with Gasteiger partial charge < -0.3 is 5.73 Å². The lowest BCUT2D eigenvalue weighted by Gasteiger charge is -2.05. The molecule has 1 fully saturated rings. The fraction of sp³-hybridized carbons (Fsp3) is 0.250. The van der Waals surface area contributed by atoms with E-state index in [0.717, 1.165) is 28.7 Å². The molecule has 6 heteroatoms. The summed E-state index contributed by atoms with van der Waals surface area (Å²) < 4.78 is 0. The third kappa shape index (κ3) is 2.57. The van der Waals surface area contributed by atoms with Crippen LogP contribution in [-0.4, -0.2) is 15.0 Å². The smallest absolute Gasteiger partial charge is 0.135 e. The van der Waals surface area contributed by atoms with Crippen molar-refractivity contribution in [1.29, 1.82) is 0 Å². The Morgan fingerprint density at radius 3 is 2.89 bits per heavy atom. The normalized spacial score (nSPS) is 14.7. The molecule has 0 atom stereocenters. The summed E-state index contributed by atoms with van der Waals surface area (Å²) in [4.78, 5) is 13.0. The summed E-state index contributed by atoms with van der Waals surface area (Å²) in [5.74, 6) is 1.82. The molecule has 2 aromatic rings. The van der Waals surface area contributed by atoms with Crippen molar-refractivity contribution in [2.75, 3.05) is 5.73 Å². The van der Waals surface area contributed by atoms with Crippen LogP contribution in [0.25, 0.3) is 0 Å². The molecule has 1 aliphatic carbocycles. The van der Waals surface area contributed by atoms with Gasteiger partial charge in [-0.2, -0.15) is 0 Å². The molecule has 4 nitrogen and oxygen atoms in total. The van der Waals surface area contributed by atoms with E-state index in [0.29, 0.717) is 16.8 Å². The number of halogens is 1. The minimum absolute atomic E-state index is 0.479. The van der Waals surface area contributed by atoms with Crippen LogP contribution in [0.5, 0.6) is 0 Å². The van der Waals surface area contributed by atoms with Crippen LogP contribution < -0.4 is 5.73 Å². The van der Waals surface area contributed by atoms with Gasteiger partial charge in [-0.3, -0.25) is 0 Å². The van der Waals surface area contributed by atoms with E-state index >= 15 is 0 Å². The highest BCUT2D eigenvalue weighted by Gasteiger charge is 2.27. The van der Waals surface area contributed by atoms with Crippen molar-refractivity contribution in [2.45, 2.75) is 28.8 Å². The summed E-state index contributed by atoms with van der Waals surface area (Å²) in [5.41, 5.74) is 5.80. The Bertz CT molecular complexity index is 586. The van der Waals surface area contributed by atoms with Crippen LogP contribution in [-0.2, 0) is 0 Å². The molecular formula is C12H11ClN4S. The summed E-state index contributed by atoms with van der Waals surface area (Å²) in [7, 11) is 0. The van der Waals surface area contributed by atoms with E-state index in [1.54, 1.807) is 18.3 Å². The van der Waals surface area contributed by atoms with E-state index in [-0.39, 0.29) is 0 Å². The number of hydrogen-bond acceptors (Lipinski definition) is 5. The first-order chi connectivity index (χ1) is 8.72. The molecule has 0 aromatic carbocycles. The molecule has 1 saturated carbocycles. The van der Waals surface area contributed by atoms with Gasteiger partial charge in [0.2, 0.25) is 0 Å². The Labute approximate surface area is 114 Å². The summed E-state index contributed by atoms with van der Waals surface area (Å²) in [5, 5.41) is 2.15. The van der Waals surface area contributed by atoms with Crippen molar-refractivity contribution in [3.05, 3.63) is 35.2 Å². The Morgan fingerprint density at radius 1 is 1.33 bits per heavy atom. The SMILES string of the molecule is Nc1cc(Sc2ncccc2Cl)nc(C2CC2)n1. The van der Waals surface area contributed by atoms with E-state index in [9.17, 15) is 0 Å². The van der Waals surface area contributed by atoms with Gasteiger partial charge in [-0.15, -0.1) is 0 Å². The molecule has 2 aromatic heterocycles. The van der Waals surface area contributed by atoms with Crippen molar-refractivity contribution in [3.8, 4) is 0 Å². The first kappa shape index (κ1) is 11.7. The topological polar surface area (TPSA) is 64.7 Å². The summed E-state index contributed by atoms with van der Waals surface area (Å²) in [6.45, 7) is 0. The molecule has 0 aliphatic heterocycles. The zero-order valence-electron chi connectivity index (χ0n) is 9.51. The largest absolute Gasteiger partial charge is 0.384 e. The maximum atomic E-state index is 6.07. The standard InChI is InChI=1S/C12H11ClN4S/c13-8-2-1-5-15-12(8)18-10-6-9(14)16-11(17-10)7-3-4-7/h1-2,5-7H,3-4H2,(H2,14,16,17). The van der Waals surface area contributed by atoms with E-state index in [2.05, 4.69) is 15.0 Å². The quantitative estimate of drug-likeness (QED) is 0.874. The van der Waals surface area contributed by atoms with Crippen LogP contribution in [0.1, 0.15) is 24.6 Å². The molecule has 92 valence electrons. The van der Waals surface area contributed by atoms with Crippen LogP contribution in [0.15, 0.2) is 34.4 Å². The zero-order chi connectivity index (χ0) is 12.5. The van der Waals surface area contributed by atoms with Gasteiger partial charge in [-0.1, -0.05) is 11.6 Å². The van der Waals surface area contributed by atoms with Crippen LogP contribution in [0, 0.1) is 0 Å². The number of anilines is 1. The van der Waals surface area contributed by atoms with Crippen molar-refractivity contribution in [3.63, 3.8) is 0 Å².